The molecule has 1 aromatic heterocycles. The molecule has 22 heavy (non-hydrogen) atoms. The Morgan fingerprint density at radius 2 is 2.14 bits per heavy atom. The maximum absolute atomic E-state index is 11.8. The lowest BCUT2D eigenvalue weighted by Gasteiger charge is -2.14. The van der Waals surface area contributed by atoms with Gasteiger partial charge in [-0.25, -0.2) is 4.79 Å². The largest absolute Gasteiger partial charge is 0.396 e. The molecular formula is C16H21N3O3. The average Bonchev–Trinajstić information content (AvgIpc) is 3.00. The zero-order chi connectivity index (χ0) is 15.8. The number of amides is 2. The summed E-state index contributed by atoms with van der Waals surface area (Å²) in [4.78, 5) is 11.8. The van der Waals surface area contributed by atoms with Crippen molar-refractivity contribution >= 4 is 11.8 Å². The van der Waals surface area contributed by atoms with Crippen LogP contribution < -0.4 is 10.6 Å². The van der Waals surface area contributed by atoms with Crippen molar-refractivity contribution in [3.05, 3.63) is 36.4 Å². The first-order chi connectivity index (χ1) is 10.7. The van der Waals surface area contributed by atoms with Crippen molar-refractivity contribution in [2.45, 2.75) is 19.8 Å². The molecule has 2 aromatic rings. The van der Waals surface area contributed by atoms with Gasteiger partial charge in [0.15, 0.2) is 11.6 Å². The number of aliphatic hydroxyl groups is 1. The van der Waals surface area contributed by atoms with Gasteiger partial charge in [-0.1, -0.05) is 48.8 Å². The van der Waals surface area contributed by atoms with Crippen molar-refractivity contribution in [1.82, 2.24) is 10.5 Å². The van der Waals surface area contributed by atoms with Crippen molar-refractivity contribution in [3.63, 3.8) is 0 Å². The number of benzene rings is 1. The van der Waals surface area contributed by atoms with Crippen LogP contribution in [-0.4, -0.2) is 29.4 Å². The molecule has 2 amide bonds. The molecular weight excluding hydrogens is 282 g/mol. The van der Waals surface area contributed by atoms with E-state index in [1.165, 1.54) is 0 Å². The molecule has 1 heterocycles. The number of nitrogens with zero attached hydrogens (tertiary/aromatic N) is 1. The Bertz CT molecular complexity index is 583. The molecule has 2 rings (SSSR count). The number of carbonyl (C=O) groups excluding carboxylic acids is 1. The lowest BCUT2D eigenvalue weighted by atomic mass is 10.0. The second kappa shape index (κ2) is 8.19. The monoisotopic (exact) mass is 303 g/mol. The van der Waals surface area contributed by atoms with E-state index in [4.69, 9.17) is 9.63 Å². The summed E-state index contributed by atoms with van der Waals surface area (Å²) < 4.78 is 5.21. The van der Waals surface area contributed by atoms with Crippen LogP contribution in [0.3, 0.4) is 0 Å². The number of urea groups is 1. The summed E-state index contributed by atoms with van der Waals surface area (Å²) in [6.45, 7) is 2.68. The molecule has 118 valence electrons. The molecule has 0 aliphatic heterocycles. The smallest absolute Gasteiger partial charge is 0.320 e. The van der Waals surface area contributed by atoms with Gasteiger partial charge in [0.05, 0.1) is 0 Å². The first-order valence-electron chi connectivity index (χ1n) is 7.40. The number of anilines is 1. The van der Waals surface area contributed by atoms with E-state index < -0.39 is 0 Å². The van der Waals surface area contributed by atoms with E-state index in [-0.39, 0.29) is 18.6 Å². The molecule has 0 bridgehead atoms. The third-order valence-corrected chi connectivity index (χ3v) is 3.48. The number of carbonyl (C=O) groups is 1. The highest BCUT2D eigenvalue weighted by Gasteiger charge is 2.11. The van der Waals surface area contributed by atoms with Gasteiger partial charge in [-0.3, -0.25) is 5.32 Å². The number of hydrogen-bond acceptors (Lipinski definition) is 4. The van der Waals surface area contributed by atoms with Gasteiger partial charge in [-0.2, -0.15) is 0 Å². The minimum atomic E-state index is -0.329. The van der Waals surface area contributed by atoms with Crippen LogP contribution >= 0.6 is 0 Å². The van der Waals surface area contributed by atoms with Gasteiger partial charge in [0.2, 0.25) is 0 Å². The SMILES string of the molecule is CCC(CCO)CNC(=O)Nc1cc(-c2ccccc2)on1. The van der Waals surface area contributed by atoms with E-state index in [9.17, 15) is 4.79 Å². The highest BCUT2D eigenvalue weighted by atomic mass is 16.5. The molecule has 0 fully saturated rings. The fourth-order valence-corrected chi connectivity index (χ4v) is 2.10. The van der Waals surface area contributed by atoms with Gasteiger partial charge in [-0.15, -0.1) is 0 Å². The van der Waals surface area contributed by atoms with Crippen molar-refractivity contribution in [2.24, 2.45) is 5.92 Å². The minimum Gasteiger partial charge on any atom is -0.396 e. The van der Waals surface area contributed by atoms with Crippen LogP contribution in [0.5, 0.6) is 0 Å². The summed E-state index contributed by atoms with van der Waals surface area (Å²) in [6, 6.07) is 10.9. The quantitative estimate of drug-likeness (QED) is 0.734. The number of hydrogen-bond donors (Lipinski definition) is 3. The Labute approximate surface area is 129 Å². The Hall–Kier alpha value is -2.34. The van der Waals surface area contributed by atoms with Crippen molar-refractivity contribution in [1.29, 1.82) is 0 Å². The lowest BCUT2D eigenvalue weighted by molar-refractivity contribution is 0.238. The number of aromatic nitrogens is 1. The lowest BCUT2D eigenvalue weighted by Crippen LogP contribution is -2.33. The Balaban J connectivity index is 1.86. The predicted molar refractivity (Wildman–Crippen MR) is 84.4 cm³/mol. The number of aliphatic hydroxyl groups excluding tert-OH is 1. The molecule has 0 saturated carbocycles. The molecule has 1 unspecified atom stereocenters. The molecule has 6 heteroatoms. The average molecular weight is 303 g/mol. The van der Waals surface area contributed by atoms with E-state index >= 15 is 0 Å². The van der Waals surface area contributed by atoms with Crippen LogP contribution in [0.25, 0.3) is 11.3 Å². The highest BCUT2D eigenvalue weighted by Crippen LogP contribution is 2.21. The van der Waals surface area contributed by atoms with Crippen LogP contribution in [0.4, 0.5) is 10.6 Å². The Morgan fingerprint density at radius 1 is 1.36 bits per heavy atom. The van der Waals surface area contributed by atoms with Gasteiger partial charge in [0.1, 0.15) is 0 Å². The van der Waals surface area contributed by atoms with Gasteiger partial charge < -0.3 is 14.9 Å². The van der Waals surface area contributed by atoms with E-state index in [0.29, 0.717) is 24.5 Å². The molecule has 3 N–H and O–H groups in total. The molecule has 0 aliphatic carbocycles. The van der Waals surface area contributed by atoms with Crippen LogP contribution in [0.1, 0.15) is 19.8 Å². The topological polar surface area (TPSA) is 87.4 Å². The van der Waals surface area contributed by atoms with Gasteiger partial charge in [0.25, 0.3) is 0 Å². The molecule has 0 saturated heterocycles. The number of nitrogens with one attached hydrogen (secondary N) is 2. The zero-order valence-corrected chi connectivity index (χ0v) is 12.6. The summed E-state index contributed by atoms with van der Waals surface area (Å²) in [5, 5.41) is 18.2. The van der Waals surface area contributed by atoms with Crippen molar-refractivity contribution in [3.8, 4) is 11.3 Å². The second-order valence-corrected chi connectivity index (χ2v) is 5.06. The van der Waals surface area contributed by atoms with Crippen LogP contribution in [0, 0.1) is 5.92 Å². The maximum atomic E-state index is 11.8. The fourth-order valence-electron chi connectivity index (χ4n) is 2.10. The minimum absolute atomic E-state index is 0.130. The first kappa shape index (κ1) is 16.0. The summed E-state index contributed by atoms with van der Waals surface area (Å²) in [5.41, 5.74) is 0.900. The fraction of sp³-hybridized carbons (Fsp3) is 0.375. The van der Waals surface area contributed by atoms with Gasteiger partial charge in [0, 0.05) is 24.8 Å². The summed E-state index contributed by atoms with van der Waals surface area (Å²) >= 11 is 0. The summed E-state index contributed by atoms with van der Waals surface area (Å²) in [5.74, 6) is 1.24. The second-order valence-electron chi connectivity index (χ2n) is 5.06. The molecule has 6 nitrogen and oxygen atoms in total. The molecule has 1 atom stereocenters. The Morgan fingerprint density at radius 3 is 2.82 bits per heavy atom. The zero-order valence-electron chi connectivity index (χ0n) is 12.6. The molecule has 1 aromatic carbocycles. The van der Waals surface area contributed by atoms with Crippen LogP contribution in [-0.2, 0) is 0 Å². The van der Waals surface area contributed by atoms with Crippen molar-refractivity contribution in [2.75, 3.05) is 18.5 Å². The summed E-state index contributed by atoms with van der Waals surface area (Å²) in [6.07, 6.45) is 1.59. The van der Waals surface area contributed by atoms with E-state index in [1.807, 2.05) is 37.3 Å². The molecule has 0 aliphatic rings. The maximum Gasteiger partial charge on any atom is 0.320 e. The van der Waals surface area contributed by atoms with Crippen molar-refractivity contribution < 1.29 is 14.4 Å². The highest BCUT2D eigenvalue weighted by molar-refractivity contribution is 5.88. The van der Waals surface area contributed by atoms with Gasteiger partial charge in [-0.05, 0) is 12.3 Å². The molecule has 0 spiro atoms. The third-order valence-electron chi connectivity index (χ3n) is 3.48. The van der Waals surface area contributed by atoms with E-state index in [2.05, 4.69) is 15.8 Å². The predicted octanol–water partition coefficient (Wildman–Crippen LogP) is 2.87. The number of rotatable bonds is 7. The van der Waals surface area contributed by atoms with Gasteiger partial charge >= 0.3 is 6.03 Å². The molecule has 0 radical (unpaired) electrons. The van der Waals surface area contributed by atoms with E-state index in [0.717, 1.165) is 12.0 Å². The van der Waals surface area contributed by atoms with Crippen LogP contribution in [0.15, 0.2) is 40.9 Å². The normalized spacial score (nSPS) is 11.9. The standard InChI is InChI=1S/C16H21N3O3/c1-2-12(8-9-20)11-17-16(21)18-15-10-14(22-19-15)13-6-4-3-5-7-13/h3-7,10,12,20H,2,8-9,11H2,1H3,(H2,17,18,19,21). The third kappa shape index (κ3) is 4.60. The van der Waals surface area contributed by atoms with Crippen LogP contribution in [0.2, 0.25) is 0 Å². The first-order valence-corrected chi connectivity index (χ1v) is 7.40. The summed E-state index contributed by atoms with van der Waals surface area (Å²) in [7, 11) is 0. The Kier molecular flexibility index (Phi) is 5.97. The van der Waals surface area contributed by atoms with E-state index in [1.54, 1.807) is 6.07 Å².